The highest BCUT2D eigenvalue weighted by Crippen LogP contribution is 2.34. The summed E-state index contributed by atoms with van der Waals surface area (Å²) in [5.74, 6) is 0.857. The smallest absolute Gasteiger partial charge is 0.119 e. The third-order valence-corrected chi connectivity index (χ3v) is 4.30. The van der Waals surface area contributed by atoms with E-state index in [2.05, 4.69) is 6.07 Å². The first-order valence-electron chi connectivity index (χ1n) is 7.43. The molecule has 1 aromatic rings. The van der Waals surface area contributed by atoms with Crippen molar-refractivity contribution in [3.8, 4) is 5.75 Å². The van der Waals surface area contributed by atoms with Crippen LogP contribution in [-0.2, 0) is 15.9 Å². The highest BCUT2D eigenvalue weighted by Gasteiger charge is 2.31. The molecule has 1 saturated heterocycles. The van der Waals surface area contributed by atoms with Gasteiger partial charge in [0, 0.05) is 13.0 Å². The summed E-state index contributed by atoms with van der Waals surface area (Å²) in [6.07, 6.45) is 4.69. The van der Waals surface area contributed by atoms with Gasteiger partial charge in [-0.25, -0.2) is 0 Å². The van der Waals surface area contributed by atoms with Crippen LogP contribution >= 0.6 is 0 Å². The number of hydrogen-bond acceptors (Lipinski definition) is 4. The summed E-state index contributed by atoms with van der Waals surface area (Å²) in [4.78, 5) is 0. The minimum Gasteiger partial charge on any atom is -0.497 e. The van der Waals surface area contributed by atoms with E-state index in [1.807, 2.05) is 12.1 Å². The minimum atomic E-state index is -0.0660. The summed E-state index contributed by atoms with van der Waals surface area (Å²) in [7, 11) is 1.68. The Kier molecular flexibility index (Phi) is 4.24. The molecule has 3 atom stereocenters. The standard InChI is InChI=1S/C16H23NO3/c1-18-12-6-5-11-8-15(16(17)14(11)9-12)20-10-13-4-2-3-7-19-13/h5-6,9,13,15-16H,2-4,7-8,10,17H2,1H3. The van der Waals surface area contributed by atoms with Crippen molar-refractivity contribution in [2.75, 3.05) is 20.3 Å². The molecule has 3 rings (SSSR count). The molecule has 1 aromatic carbocycles. The minimum absolute atomic E-state index is 0.0580. The van der Waals surface area contributed by atoms with Crippen molar-refractivity contribution in [1.29, 1.82) is 0 Å². The van der Waals surface area contributed by atoms with Crippen LogP contribution in [0.5, 0.6) is 5.75 Å². The number of ether oxygens (including phenoxy) is 3. The van der Waals surface area contributed by atoms with Gasteiger partial charge in [-0.15, -0.1) is 0 Å². The zero-order chi connectivity index (χ0) is 13.9. The summed E-state index contributed by atoms with van der Waals surface area (Å²) >= 11 is 0. The maximum absolute atomic E-state index is 6.31. The van der Waals surface area contributed by atoms with E-state index in [4.69, 9.17) is 19.9 Å². The number of nitrogens with two attached hydrogens (primary N) is 1. The Balaban J connectivity index is 1.59. The van der Waals surface area contributed by atoms with Gasteiger partial charge in [-0.05, 0) is 42.5 Å². The topological polar surface area (TPSA) is 53.7 Å². The first-order valence-corrected chi connectivity index (χ1v) is 7.43. The fraction of sp³-hybridized carbons (Fsp3) is 0.625. The lowest BCUT2D eigenvalue weighted by Crippen LogP contribution is -2.31. The lowest BCUT2D eigenvalue weighted by Gasteiger charge is -2.25. The Morgan fingerprint density at radius 3 is 3.00 bits per heavy atom. The predicted octanol–water partition coefficient (Wildman–Crippen LogP) is 2.21. The average Bonchev–Trinajstić information content (AvgIpc) is 2.82. The zero-order valence-electron chi connectivity index (χ0n) is 12.0. The molecule has 1 aliphatic carbocycles. The maximum Gasteiger partial charge on any atom is 0.119 e. The van der Waals surface area contributed by atoms with Gasteiger partial charge in [-0.3, -0.25) is 0 Å². The molecule has 1 heterocycles. The predicted molar refractivity (Wildman–Crippen MR) is 77.0 cm³/mol. The normalized spacial score (nSPS) is 29.2. The van der Waals surface area contributed by atoms with Crippen molar-refractivity contribution in [2.24, 2.45) is 5.73 Å². The molecule has 3 unspecified atom stereocenters. The summed E-state index contributed by atoms with van der Waals surface area (Å²) in [5, 5.41) is 0. The molecular weight excluding hydrogens is 254 g/mol. The Bertz CT molecular complexity index is 457. The van der Waals surface area contributed by atoms with Crippen molar-refractivity contribution >= 4 is 0 Å². The molecule has 0 amide bonds. The van der Waals surface area contributed by atoms with E-state index in [9.17, 15) is 0 Å². The molecule has 1 aliphatic heterocycles. The van der Waals surface area contributed by atoms with Crippen LogP contribution in [0.1, 0.15) is 36.4 Å². The summed E-state index contributed by atoms with van der Waals surface area (Å²) in [6, 6.07) is 6.04. The van der Waals surface area contributed by atoms with Crippen LogP contribution in [0, 0.1) is 0 Å². The van der Waals surface area contributed by atoms with Crippen LogP contribution in [0.2, 0.25) is 0 Å². The molecule has 2 N–H and O–H groups in total. The molecule has 1 fully saturated rings. The quantitative estimate of drug-likeness (QED) is 0.916. The van der Waals surface area contributed by atoms with Crippen molar-refractivity contribution in [3.63, 3.8) is 0 Å². The molecule has 20 heavy (non-hydrogen) atoms. The van der Waals surface area contributed by atoms with E-state index in [-0.39, 0.29) is 18.2 Å². The van der Waals surface area contributed by atoms with Gasteiger partial charge in [0.2, 0.25) is 0 Å². The SMILES string of the molecule is COc1ccc2c(c1)C(N)C(OCC1CCCCO1)C2. The Morgan fingerprint density at radius 1 is 1.35 bits per heavy atom. The maximum atomic E-state index is 6.31. The van der Waals surface area contributed by atoms with Crippen LogP contribution in [0.25, 0.3) is 0 Å². The second-order valence-corrected chi connectivity index (χ2v) is 5.66. The van der Waals surface area contributed by atoms with Crippen LogP contribution in [0.15, 0.2) is 18.2 Å². The number of hydrogen-bond donors (Lipinski definition) is 1. The van der Waals surface area contributed by atoms with Gasteiger partial charge < -0.3 is 19.9 Å². The van der Waals surface area contributed by atoms with E-state index < -0.39 is 0 Å². The molecule has 0 saturated carbocycles. The van der Waals surface area contributed by atoms with Crippen LogP contribution in [0.4, 0.5) is 0 Å². The van der Waals surface area contributed by atoms with E-state index in [0.717, 1.165) is 30.8 Å². The van der Waals surface area contributed by atoms with E-state index in [1.54, 1.807) is 7.11 Å². The number of methoxy groups -OCH3 is 1. The fourth-order valence-electron chi connectivity index (χ4n) is 3.07. The Morgan fingerprint density at radius 2 is 2.25 bits per heavy atom. The monoisotopic (exact) mass is 277 g/mol. The Hall–Kier alpha value is -1.10. The van der Waals surface area contributed by atoms with E-state index in [0.29, 0.717) is 6.61 Å². The third-order valence-electron chi connectivity index (χ3n) is 4.30. The summed E-state index contributed by atoms with van der Waals surface area (Å²) in [6.45, 7) is 1.52. The molecule has 0 spiro atoms. The molecule has 0 bridgehead atoms. The second-order valence-electron chi connectivity index (χ2n) is 5.66. The molecular formula is C16H23NO3. The van der Waals surface area contributed by atoms with Gasteiger partial charge in [-0.1, -0.05) is 6.07 Å². The highest BCUT2D eigenvalue weighted by molar-refractivity contribution is 5.42. The van der Waals surface area contributed by atoms with Crippen molar-refractivity contribution < 1.29 is 14.2 Å². The molecule has 2 aliphatic rings. The largest absolute Gasteiger partial charge is 0.497 e. The highest BCUT2D eigenvalue weighted by atomic mass is 16.5. The number of rotatable bonds is 4. The number of fused-ring (bicyclic) bond motifs is 1. The zero-order valence-corrected chi connectivity index (χ0v) is 12.0. The molecule has 0 aromatic heterocycles. The fourth-order valence-corrected chi connectivity index (χ4v) is 3.07. The van der Waals surface area contributed by atoms with Crippen LogP contribution in [-0.4, -0.2) is 32.5 Å². The number of benzene rings is 1. The lowest BCUT2D eigenvalue weighted by molar-refractivity contribution is -0.0655. The van der Waals surface area contributed by atoms with Gasteiger partial charge in [0.15, 0.2) is 0 Å². The summed E-state index contributed by atoms with van der Waals surface area (Å²) < 4.78 is 17.0. The summed E-state index contributed by atoms with van der Waals surface area (Å²) in [5.41, 5.74) is 8.73. The average molecular weight is 277 g/mol. The van der Waals surface area contributed by atoms with Gasteiger partial charge in [0.1, 0.15) is 5.75 Å². The van der Waals surface area contributed by atoms with Gasteiger partial charge in [-0.2, -0.15) is 0 Å². The van der Waals surface area contributed by atoms with Crippen molar-refractivity contribution in [3.05, 3.63) is 29.3 Å². The van der Waals surface area contributed by atoms with Crippen LogP contribution in [0.3, 0.4) is 0 Å². The third kappa shape index (κ3) is 2.82. The van der Waals surface area contributed by atoms with Crippen molar-refractivity contribution in [1.82, 2.24) is 0 Å². The molecule has 4 heteroatoms. The van der Waals surface area contributed by atoms with Gasteiger partial charge in [0.25, 0.3) is 0 Å². The molecule has 110 valence electrons. The van der Waals surface area contributed by atoms with E-state index >= 15 is 0 Å². The molecule has 4 nitrogen and oxygen atoms in total. The molecule has 0 radical (unpaired) electrons. The van der Waals surface area contributed by atoms with Crippen LogP contribution < -0.4 is 10.5 Å². The Labute approximate surface area is 120 Å². The van der Waals surface area contributed by atoms with Gasteiger partial charge in [0.05, 0.1) is 32.0 Å². The first kappa shape index (κ1) is 13.9. The van der Waals surface area contributed by atoms with Crippen molar-refractivity contribution in [2.45, 2.75) is 43.9 Å². The van der Waals surface area contributed by atoms with E-state index in [1.165, 1.54) is 18.4 Å². The second kappa shape index (κ2) is 6.12. The lowest BCUT2D eigenvalue weighted by atomic mass is 10.1. The van der Waals surface area contributed by atoms with Gasteiger partial charge >= 0.3 is 0 Å². The first-order chi connectivity index (χ1) is 9.78.